The number of rotatable bonds is 3. The minimum absolute atomic E-state index is 0.179. The molecule has 13 heavy (non-hydrogen) atoms. The van der Waals surface area contributed by atoms with Crippen LogP contribution in [0, 0.1) is 33.3 Å². The van der Waals surface area contributed by atoms with Crippen molar-refractivity contribution in [2.24, 2.45) is 11.8 Å². The van der Waals surface area contributed by atoms with Gasteiger partial charge in [0.25, 0.3) is 0 Å². The summed E-state index contributed by atoms with van der Waals surface area (Å²) in [6.07, 6.45) is 5.45. The van der Waals surface area contributed by atoms with Crippen LogP contribution in [-0.4, -0.2) is 11.5 Å². The summed E-state index contributed by atoms with van der Waals surface area (Å²) >= 11 is 0. The average Bonchev–Trinajstić information content (AvgIpc) is 2.15. The zero-order valence-corrected chi connectivity index (χ0v) is 7.61. The molecule has 4 nitrogen and oxygen atoms in total. The lowest BCUT2D eigenvalue weighted by molar-refractivity contribution is -0.487. The SMILES string of the molecule is N#C[C@H](C[N+](=O)[O-])C1CCCCC1. The number of nitriles is 1. The van der Waals surface area contributed by atoms with Crippen LogP contribution in [0.25, 0.3) is 0 Å². The predicted octanol–water partition coefficient (Wildman–Crippen LogP) is 1.98. The van der Waals surface area contributed by atoms with E-state index in [0.29, 0.717) is 0 Å². The summed E-state index contributed by atoms with van der Waals surface area (Å²) in [7, 11) is 0. The third kappa shape index (κ3) is 3.02. The Balaban J connectivity index is 2.45. The van der Waals surface area contributed by atoms with Gasteiger partial charge in [-0.1, -0.05) is 19.3 Å². The predicted molar refractivity (Wildman–Crippen MR) is 47.5 cm³/mol. The molecule has 0 spiro atoms. The Morgan fingerprint density at radius 1 is 1.46 bits per heavy atom. The summed E-state index contributed by atoms with van der Waals surface area (Å²) in [4.78, 5) is 9.89. The quantitative estimate of drug-likeness (QED) is 0.495. The van der Waals surface area contributed by atoms with Gasteiger partial charge in [-0.05, 0) is 18.8 Å². The van der Waals surface area contributed by atoms with E-state index < -0.39 is 0 Å². The maximum atomic E-state index is 10.3. The van der Waals surface area contributed by atoms with Crippen LogP contribution in [0.3, 0.4) is 0 Å². The van der Waals surface area contributed by atoms with E-state index in [0.717, 1.165) is 25.7 Å². The van der Waals surface area contributed by atoms with E-state index >= 15 is 0 Å². The smallest absolute Gasteiger partial charge is 0.219 e. The summed E-state index contributed by atoms with van der Waals surface area (Å²) in [6.45, 7) is -0.179. The first kappa shape index (κ1) is 9.97. The van der Waals surface area contributed by atoms with Crippen molar-refractivity contribution in [3.8, 4) is 6.07 Å². The first-order chi connectivity index (χ1) is 6.24. The highest BCUT2D eigenvalue weighted by Crippen LogP contribution is 2.29. The minimum Gasteiger partial charge on any atom is -0.264 e. The van der Waals surface area contributed by atoms with Gasteiger partial charge in [-0.3, -0.25) is 10.1 Å². The van der Waals surface area contributed by atoms with Gasteiger partial charge in [0.1, 0.15) is 5.92 Å². The fourth-order valence-corrected chi connectivity index (χ4v) is 1.99. The molecule has 1 aliphatic carbocycles. The molecule has 0 aromatic heterocycles. The number of hydrogen-bond donors (Lipinski definition) is 0. The molecule has 0 unspecified atom stereocenters. The maximum absolute atomic E-state index is 10.3. The van der Waals surface area contributed by atoms with Gasteiger partial charge in [-0.25, -0.2) is 0 Å². The second kappa shape index (κ2) is 4.80. The summed E-state index contributed by atoms with van der Waals surface area (Å²) < 4.78 is 0. The van der Waals surface area contributed by atoms with Crippen LogP contribution in [0.2, 0.25) is 0 Å². The van der Waals surface area contributed by atoms with E-state index in [1.807, 2.05) is 0 Å². The monoisotopic (exact) mass is 182 g/mol. The molecule has 72 valence electrons. The van der Waals surface area contributed by atoms with Gasteiger partial charge in [0.15, 0.2) is 0 Å². The van der Waals surface area contributed by atoms with Gasteiger partial charge < -0.3 is 0 Å². The van der Waals surface area contributed by atoms with Crippen molar-refractivity contribution in [2.75, 3.05) is 6.54 Å². The lowest BCUT2D eigenvalue weighted by Crippen LogP contribution is -2.23. The number of nitrogens with zero attached hydrogens (tertiary/aromatic N) is 2. The standard InChI is InChI=1S/C9H14N2O2/c10-6-9(7-11(12)13)8-4-2-1-3-5-8/h8-9H,1-5,7H2/t9-/m1/s1. The molecule has 4 heteroatoms. The Morgan fingerprint density at radius 2 is 2.08 bits per heavy atom. The van der Waals surface area contributed by atoms with Crippen LogP contribution < -0.4 is 0 Å². The maximum Gasteiger partial charge on any atom is 0.219 e. The van der Waals surface area contributed by atoms with Crippen LogP contribution in [0.1, 0.15) is 32.1 Å². The Bertz CT molecular complexity index is 216. The highest BCUT2D eigenvalue weighted by Gasteiger charge is 2.27. The van der Waals surface area contributed by atoms with Crippen LogP contribution in [0.5, 0.6) is 0 Å². The topological polar surface area (TPSA) is 66.9 Å². The van der Waals surface area contributed by atoms with E-state index in [1.165, 1.54) is 6.42 Å². The van der Waals surface area contributed by atoms with Crippen LogP contribution in [0.4, 0.5) is 0 Å². The fraction of sp³-hybridized carbons (Fsp3) is 0.889. The molecule has 1 saturated carbocycles. The molecular formula is C9H14N2O2. The molecular weight excluding hydrogens is 168 g/mol. The van der Waals surface area contributed by atoms with Crippen LogP contribution >= 0.6 is 0 Å². The summed E-state index contributed by atoms with van der Waals surface area (Å²) in [6, 6.07) is 2.06. The average molecular weight is 182 g/mol. The molecule has 1 atom stereocenters. The molecule has 0 radical (unpaired) electrons. The molecule has 0 aliphatic heterocycles. The van der Waals surface area contributed by atoms with E-state index in [9.17, 15) is 10.1 Å². The molecule has 0 bridgehead atoms. The first-order valence-corrected chi connectivity index (χ1v) is 4.75. The number of nitro groups is 1. The van der Waals surface area contributed by atoms with E-state index in [4.69, 9.17) is 5.26 Å². The Morgan fingerprint density at radius 3 is 2.54 bits per heavy atom. The van der Waals surface area contributed by atoms with Gasteiger partial charge in [0.2, 0.25) is 6.54 Å². The van der Waals surface area contributed by atoms with Crippen LogP contribution in [-0.2, 0) is 0 Å². The zero-order valence-electron chi connectivity index (χ0n) is 7.61. The largest absolute Gasteiger partial charge is 0.264 e. The third-order valence-electron chi connectivity index (χ3n) is 2.73. The molecule has 0 heterocycles. The summed E-state index contributed by atoms with van der Waals surface area (Å²) in [5.41, 5.74) is 0. The van der Waals surface area contributed by atoms with Gasteiger partial charge in [-0.2, -0.15) is 5.26 Å². The molecule has 1 rings (SSSR count). The molecule has 0 aromatic carbocycles. The third-order valence-corrected chi connectivity index (χ3v) is 2.73. The van der Waals surface area contributed by atoms with Gasteiger partial charge in [-0.15, -0.1) is 0 Å². The van der Waals surface area contributed by atoms with Gasteiger partial charge >= 0.3 is 0 Å². The van der Waals surface area contributed by atoms with Crippen molar-refractivity contribution in [3.63, 3.8) is 0 Å². The fourth-order valence-electron chi connectivity index (χ4n) is 1.99. The zero-order chi connectivity index (χ0) is 9.68. The molecule has 1 aliphatic rings. The van der Waals surface area contributed by atoms with Crippen molar-refractivity contribution in [1.29, 1.82) is 5.26 Å². The minimum atomic E-state index is -0.373. The molecule has 0 saturated heterocycles. The molecule has 0 amide bonds. The highest BCUT2D eigenvalue weighted by molar-refractivity contribution is 4.88. The molecule has 0 aromatic rings. The van der Waals surface area contributed by atoms with Gasteiger partial charge in [0, 0.05) is 4.92 Å². The van der Waals surface area contributed by atoms with E-state index in [-0.39, 0.29) is 23.3 Å². The van der Waals surface area contributed by atoms with Crippen molar-refractivity contribution in [2.45, 2.75) is 32.1 Å². The number of hydrogen-bond acceptors (Lipinski definition) is 3. The molecule has 0 N–H and O–H groups in total. The first-order valence-electron chi connectivity index (χ1n) is 4.75. The van der Waals surface area contributed by atoms with Gasteiger partial charge in [0.05, 0.1) is 6.07 Å². The normalized spacial score (nSPS) is 20.5. The lowest BCUT2D eigenvalue weighted by atomic mass is 9.81. The van der Waals surface area contributed by atoms with E-state index in [1.54, 1.807) is 0 Å². The Labute approximate surface area is 77.7 Å². The van der Waals surface area contributed by atoms with Crippen molar-refractivity contribution in [1.82, 2.24) is 0 Å². The second-order valence-corrected chi connectivity index (χ2v) is 3.65. The molecule has 1 fully saturated rings. The second-order valence-electron chi connectivity index (χ2n) is 3.65. The Hall–Kier alpha value is -1.11. The lowest BCUT2D eigenvalue weighted by Gasteiger charge is -2.23. The van der Waals surface area contributed by atoms with Crippen molar-refractivity contribution < 1.29 is 4.92 Å². The van der Waals surface area contributed by atoms with Crippen LogP contribution in [0.15, 0.2) is 0 Å². The van der Waals surface area contributed by atoms with Crippen molar-refractivity contribution in [3.05, 3.63) is 10.1 Å². The van der Waals surface area contributed by atoms with Crippen molar-refractivity contribution >= 4 is 0 Å². The summed E-state index contributed by atoms with van der Waals surface area (Å²) in [5, 5.41) is 19.0. The highest BCUT2D eigenvalue weighted by atomic mass is 16.6. The Kier molecular flexibility index (Phi) is 3.69. The summed E-state index contributed by atoms with van der Waals surface area (Å²) in [5.74, 6) is -0.0977. The van der Waals surface area contributed by atoms with E-state index in [2.05, 4.69) is 6.07 Å².